The van der Waals surface area contributed by atoms with E-state index in [0.717, 1.165) is 36.0 Å². The molecule has 0 unspecified atom stereocenters. The predicted molar refractivity (Wildman–Crippen MR) is 93.2 cm³/mol. The van der Waals surface area contributed by atoms with Gasteiger partial charge in [0.15, 0.2) is 0 Å². The van der Waals surface area contributed by atoms with E-state index in [2.05, 4.69) is 31.4 Å². The maximum absolute atomic E-state index is 12.9. The van der Waals surface area contributed by atoms with Crippen molar-refractivity contribution in [1.29, 1.82) is 0 Å². The Balaban J connectivity index is 1.70. The number of ketones is 1. The highest BCUT2D eigenvalue weighted by atomic mass is 79.9. The molecule has 0 amide bonds. The van der Waals surface area contributed by atoms with Crippen molar-refractivity contribution in [2.24, 2.45) is 11.3 Å². The quantitative estimate of drug-likeness (QED) is 0.815. The summed E-state index contributed by atoms with van der Waals surface area (Å²) in [5.41, 5.74) is 0.0548. The lowest BCUT2D eigenvalue weighted by Gasteiger charge is -2.26. The van der Waals surface area contributed by atoms with E-state index in [4.69, 9.17) is 0 Å². The van der Waals surface area contributed by atoms with Gasteiger partial charge in [-0.1, -0.05) is 15.9 Å². The third kappa shape index (κ3) is 2.75. The first-order valence-electron chi connectivity index (χ1n) is 8.26. The van der Waals surface area contributed by atoms with Gasteiger partial charge < -0.3 is 5.32 Å². The van der Waals surface area contributed by atoms with E-state index in [1.54, 1.807) is 4.57 Å². The standard InChI is InChI=1S/C17H19BrN4O2/c18-12-3-5-13(6-4-12)22-14(20-21-16(22)24)9-17(7-8-19-10-17)15(23)11-1-2-11/h3-6,11,19H,1-2,7-10H2,(H,21,24)/t17-/m1/s1. The molecular formula is C17H19BrN4O2. The topological polar surface area (TPSA) is 79.8 Å². The normalized spacial score (nSPS) is 23.5. The van der Waals surface area contributed by atoms with Crippen molar-refractivity contribution >= 4 is 21.7 Å². The smallest absolute Gasteiger partial charge is 0.316 e. The second-order valence-corrected chi connectivity index (χ2v) is 7.69. The van der Waals surface area contributed by atoms with Crippen LogP contribution < -0.4 is 11.0 Å². The Morgan fingerprint density at radius 3 is 2.71 bits per heavy atom. The molecule has 2 aliphatic rings. The minimum atomic E-state index is -0.431. The summed E-state index contributed by atoms with van der Waals surface area (Å²) in [6.45, 7) is 1.51. The lowest BCUT2D eigenvalue weighted by Crippen LogP contribution is -2.38. The fourth-order valence-corrected chi connectivity index (χ4v) is 3.84. The molecule has 4 rings (SSSR count). The molecule has 1 saturated carbocycles. The fourth-order valence-electron chi connectivity index (χ4n) is 3.58. The molecule has 7 heteroatoms. The van der Waals surface area contributed by atoms with Gasteiger partial charge in [0, 0.05) is 28.8 Å². The largest absolute Gasteiger partial charge is 0.347 e. The second-order valence-electron chi connectivity index (χ2n) is 6.78. The van der Waals surface area contributed by atoms with Crippen molar-refractivity contribution in [2.75, 3.05) is 13.1 Å². The molecular weight excluding hydrogens is 372 g/mol. The molecule has 2 fully saturated rings. The molecule has 1 aliphatic heterocycles. The maximum atomic E-state index is 12.9. The average molecular weight is 391 g/mol. The number of carbonyl (C=O) groups excluding carboxylic acids is 1. The van der Waals surface area contributed by atoms with Crippen molar-refractivity contribution in [2.45, 2.75) is 25.7 Å². The van der Waals surface area contributed by atoms with Crippen LogP contribution in [-0.4, -0.2) is 33.6 Å². The van der Waals surface area contributed by atoms with Crippen LogP contribution in [0.1, 0.15) is 25.1 Å². The van der Waals surface area contributed by atoms with Gasteiger partial charge in [-0.3, -0.25) is 4.79 Å². The Hall–Kier alpha value is -1.73. The summed E-state index contributed by atoms with van der Waals surface area (Å²) < 4.78 is 2.52. The highest BCUT2D eigenvalue weighted by molar-refractivity contribution is 9.10. The lowest BCUT2D eigenvalue weighted by atomic mass is 9.77. The number of hydrogen-bond acceptors (Lipinski definition) is 4. The van der Waals surface area contributed by atoms with Crippen molar-refractivity contribution in [3.05, 3.63) is 45.0 Å². The molecule has 24 heavy (non-hydrogen) atoms. The van der Waals surface area contributed by atoms with Crippen molar-refractivity contribution < 1.29 is 4.79 Å². The van der Waals surface area contributed by atoms with Crippen LogP contribution in [0.15, 0.2) is 33.5 Å². The Morgan fingerprint density at radius 2 is 2.08 bits per heavy atom. The Morgan fingerprint density at radius 1 is 1.33 bits per heavy atom. The third-order valence-corrected chi connectivity index (χ3v) is 5.57. The molecule has 0 radical (unpaired) electrons. The minimum absolute atomic E-state index is 0.205. The minimum Gasteiger partial charge on any atom is -0.316 e. The van der Waals surface area contributed by atoms with Gasteiger partial charge >= 0.3 is 5.69 Å². The van der Waals surface area contributed by atoms with Crippen molar-refractivity contribution in [3.8, 4) is 5.69 Å². The van der Waals surface area contributed by atoms with E-state index >= 15 is 0 Å². The van der Waals surface area contributed by atoms with Crippen LogP contribution in [0.2, 0.25) is 0 Å². The van der Waals surface area contributed by atoms with E-state index in [9.17, 15) is 9.59 Å². The van der Waals surface area contributed by atoms with Gasteiger partial charge in [0.05, 0.1) is 5.69 Å². The summed E-state index contributed by atoms with van der Waals surface area (Å²) in [7, 11) is 0. The summed E-state index contributed by atoms with van der Waals surface area (Å²) in [5, 5.41) is 10.1. The number of hydrogen-bond donors (Lipinski definition) is 2. The monoisotopic (exact) mass is 390 g/mol. The lowest BCUT2D eigenvalue weighted by molar-refractivity contribution is -0.129. The van der Waals surface area contributed by atoms with Crippen LogP contribution in [0.5, 0.6) is 0 Å². The van der Waals surface area contributed by atoms with Gasteiger partial charge in [0.1, 0.15) is 11.6 Å². The van der Waals surface area contributed by atoms with Gasteiger partial charge in [-0.05, 0) is 50.1 Å². The zero-order valence-electron chi connectivity index (χ0n) is 13.2. The summed E-state index contributed by atoms with van der Waals surface area (Å²) in [4.78, 5) is 25.1. The summed E-state index contributed by atoms with van der Waals surface area (Å²) >= 11 is 3.40. The zero-order chi connectivity index (χ0) is 16.7. The zero-order valence-corrected chi connectivity index (χ0v) is 14.8. The molecule has 1 aromatic carbocycles. The van der Waals surface area contributed by atoms with E-state index in [1.807, 2.05) is 24.3 Å². The number of benzene rings is 1. The predicted octanol–water partition coefficient (Wildman–Crippen LogP) is 1.82. The number of nitrogens with zero attached hydrogens (tertiary/aromatic N) is 2. The van der Waals surface area contributed by atoms with Gasteiger partial charge in [0.2, 0.25) is 0 Å². The molecule has 1 aliphatic carbocycles. The molecule has 2 heterocycles. The van der Waals surface area contributed by atoms with Crippen molar-refractivity contribution in [3.63, 3.8) is 0 Å². The van der Waals surface area contributed by atoms with Crippen LogP contribution in [-0.2, 0) is 11.2 Å². The van der Waals surface area contributed by atoms with Crippen LogP contribution in [0.4, 0.5) is 0 Å². The van der Waals surface area contributed by atoms with Crippen LogP contribution in [0.3, 0.4) is 0 Å². The molecule has 2 aromatic rings. The molecule has 0 spiro atoms. The number of aromatic nitrogens is 3. The first kappa shape index (κ1) is 15.8. The number of nitrogens with one attached hydrogen (secondary N) is 2. The number of aromatic amines is 1. The van der Waals surface area contributed by atoms with Crippen LogP contribution in [0, 0.1) is 11.3 Å². The first-order valence-corrected chi connectivity index (χ1v) is 9.06. The van der Waals surface area contributed by atoms with E-state index in [0.29, 0.717) is 24.6 Å². The molecule has 6 nitrogen and oxygen atoms in total. The van der Waals surface area contributed by atoms with Crippen LogP contribution >= 0.6 is 15.9 Å². The van der Waals surface area contributed by atoms with E-state index in [1.165, 1.54) is 0 Å². The number of Topliss-reactive ketones (excluding diaryl/α,β-unsaturated/α-hetero) is 1. The van der Waals surface area contributed by atoms with Gasteiger partial charge in [-0.2, -0.15) is 5.10 Å². The summed E-state index contributed by atoms with van der Waals surface area (Å²) in [5.74, 6) is 1.17. The summed E-state index contributed by atoms with van der Waals surface area (Å²) in [6.07, 6.45) is 3.30. The first-order chi connectivity index (χ1) is 11.6. The molecule has 1 aromatic heterocycles. The molecule has 1 saturated heterocycles. The van der Waals surface area contributed by atoms with E-state index in [-0.39, 0.29) is 11.6 Å². The maximum Gasteiger partial charge on any atom is 0.347 e. The number of carbonyl (C=O) groups is 1. The molecule has 0 bridgehead atoms. The molecule has 1 atom stereocenters. The fraction of sp³-hybridized carbons (Fsp3) is 0.471. The molecule has 126 valence electrons. The van der Waals surface area contributed by atoms with Gasteiger partial charge in [-0.15, -0.1) is 0 Å². The Bertz CT molecular complexity index is 814. The van der Waals surface area contributed by atoms with Gasteiger partial charge in [0.25, 0.3) is 0 Å². The molecule has 2 N–H and O–H groups in total. The third-order valence-electron chi connectivity index (χ3n) is 5.04. The Kier molecular flexibility index (Phi) is 3.92. The Labute approximate surface area is 147 Å². The number of rotatable bonds is 5. The van der Waals surface area contributed by atoms with Gasteiger partial charge in [-0.25, -0.2) is 14.5 Å². The highest BCUT2D eigenvalue weighted by Gasteiger charge is 2.48. The number of halogens is 1. The SMILES string of the molecule is O=C(C1CC1)[C@@]1(Cc2n[nH]c(=O)n2-c2ccc(Br)cc2)CCNC1. The van der Waals surface area contributed by atoms with E-state index < -0.39 is 5.41 Å². The van der Waals surface area contributed by atoms with Crippen LogP contribution in [0.25, 0.3) is 5.69 Å². The second kappa shape index (κ2) is 5.97. The number of H-pyrrole nitrogens is 1. The highest BCUT2D eigenvalue weighted by Crippen LogP contribution is 2.41. The average Bonchev–Trinajstić information content (AvgIpc) is 3.22. The van der Waals surface area contributed by atoms with Crippen molar-refractivity contribution in [1.82, 2.24) is 20.1 Å². The summed E-state index contributed by atoms with van der Waals surface area (Å²) in [6, 6.07) is 7.52.